The monoisotopic (exact) mass is 437 g/mol. The number of likely N-dealkylation sites (N-methyl/N-ethyl adjacent to an activating group) is 1. The van der Waals surface area contributed by atoms with Crippen molar-refractivity contribution in [2.24, 2.45) is 7.05 Å². The fourth-order valence-electron chi connectivity index (χ4n) is 3.59. The lowest BCUT2D eigenvalue weighted by Gasteiger charge is -2.24. The van der Waals surface area contributed by atoms with Crippen LogP contribution in [0.3, 0.4) is 0 Å². The number of rotatable bonds is 5. The van der Waals surface area contributed by atoms with Crippen LogP contribution in [0.4, 0.5) is 13.2 Å². The summed E-state index contributed by atoms with van der Waals surface area (Å²) in [6.07, 6.45) is -2.80. The summed E-state index contributed by atoms with van der Waals surface area (Å²) in [5.41, 5.74) is 0.246. The summed E-state index contributed by atoms with van der Waals surface area (Å²) >= 11 is 12.1. The Bertz CT molecular complexity index is 906. The van der Waals surface area contributed by atoms with E-state index in [2.05, 4.69) is 10.2 Å². The number of carbonyl (C=O) groups is 1. The molecule has 0 spiro atoms. The van der Waals surface area contributed by atoms with E-state index < -0.39 is 17.9 Å². The molecule has 0 N–H and O–H groups in total. The van der Waals surface area contributed by atoms with Crippen LogP contribution >= 0.6 is 23.2 Å². The van der Waals surface area contributed by atoms with Crippen molar-refractivity contribution < 1.29 is 18.0 Å². The van der Waals surface area contributed by atoms with E-state index >= 15 is 0 Å². The first kappa shape index (κ1) is 21.0. The zero-order valence-corrected chi connectivity index (χ0v) is 17.2. The summed E-state index contributed by atoms with van der Waals surface area (Å²) in [6.45, 7) is 1.83. The SMILES string of the molecule is CCC(C(=O)N(C)Cc1nn(C)c(Cl)c1Cl)n1nc(C(F)(F)F)c2c1CCC2. The van der Waals surface area contributed by atoms with Gasteiger partial charge in [-0.3, -0.25) is 14.2 Å². The van der Waals surface area contributed by atoms with Gasteiger partial charge in [-0.25, -0.2) is 0 Å². The van der Waals surface area contributed by atoms with Gasteiger partial charge in [-0.05, 0) is 25.7 Å². The summed E-state index contributed by atoms with van der Waals surface area (Å²) in [6, 6.07) is -0.828. The molecule has 0 aromatic carbocycles. The molecule has 2 aromatic rings. The summed E-state index contributed by atoms with van der Waals surface area (Å²) in [5, 5.41) is 8.47. The van der Waals surface area contributed by atoms with Crippen LogP contribution in [0, 0.1) is 0 Å². The highest BCUT2D eigenvalue weighted by molar-refractivity contribution is 6.41. The molecule has 28 heavy (non-hydrogen) atoms. The standard InChI is InChI=1S/C17H20Cl2F3N5O/c1-4-11(16(28)25(2)8-10-13(18)15(19)26(3)23-10)27-12-7-5-6-9(12)14(24-27)17(20,21)22/h11H,4-8H2,1-3H3. The van der Waals surface area contributed by atoms with E-state index in [1.165, 1.54) is 14.3 Å². The van der Waals surface area contributed by atoms with Gasteiger partial charge in [-0.2, -0.15) is 23.4 Å². The highest BCUT2D eigenvalue weighted by atomic mass is 35.5. The smallest absolute Gasteiger partial charge is 0.338 e. The summed E-state index contributed by atoms with van der Waals surface area (Å²) in [7, 11) is 3.18. The number of aromatic nitrogens is 4. The van der Waals surface area contributed by atoms with Crippen molar-refractivity contribution in [2.45, 2.75) is 51.4 Å². The number of fused-ring (bicyclic) bond motifs is 1. The molecule has 154 valence electrons. The van der Waals surface area contributed by atoms with Gasteiger partial charge < -0.3 is 4.90 Å². The zero-order valence-electron chi connectivity index (χ0n) is 15.6. The minimum Gasteiger partial charge on any atom is -0.338 e. The van der Waals surface area contributed by atoms with Crippen molar-refractivity contribution in [3.05, 3.63) is 32.8 Å². The van der Waals surface area contributed by atoms with Gasteiger partial charge >= 0.3 is 6.18 Å². The van der Waals surface area contributed by atoms with E-state index in [1.807, 2.05) is 0 Å². The van der Waals surface area contributed by atoms with E-state index in [-0.39, 0.29) is 28.2 Å². The number of hydrogen-bond donors (Lipinski definition) is 0. The average Bonchev–Trinajstić information content (AvgIpc) is 3.28. The first-order valence-corrected chi connectivity index (χ1v) is 9.61. The van der Waals surface area contributed by atoms with E-state index in [0.29, 0.717) is 37.1 Å². The minimum absolute atomic E-state index is 0.0876. The third-order valence-electron chi connectivity index (χ3n) is 4.95. The second-order valence-corrected chi connectivity index (χ2v) is 7.60. The predicted octanol–water partition coefficient (Wildman–Crippen LogP) is 4.04. The molecule has 0 saturated carbocycles. The molecule has 0 saturated heterocycles. The Morgan fingerprint density at radius 3 is 2.50 bits per heavy atom. The number of aryl methyl sites for hydroxylation is 1. The molecule has 0 bridgehead atoms. The van der Waals surface area contributed by atoms with Crippen molar-refractivity contribution in [3.63, 3.8) is 0 Å². The number of halogens is 5. The molecule has 1 atom stereocenters. The maximum atomic E-state index is 13.3. The molecule has 2 aromatic heterocycles. The lowest BCUT2D eigenvalue weighted by molar-refractivity contribution is -0.143. The summed E-state index contributed by atoms with van der Waals surface area (Å²) in [5.74, 6) is -0.355. The van der Waals surface area contributed by atoms with Gasteiger partial charge in [-0.1, -0.05) is 30.1 Å². The Morgan fingerprint density at radius 2 is 1.96 bits per heavy atom. The molecule has 1 aliphatic carbocycles. The lowest BCUT2D eigenvalue weighted by Crippen LogP contribution is -2.35. The number of carbonyl (C=O) groups excluding carboxylic acids is 1. The van der Waals surface area contributed by atoms with Crippen LogP contribution in [0.2, 0.25) is 10.2 Å². The van der Waals surface area contributed by atoms with E-state index in [1.54, 1.807) is 21.0 Å². The van der Waals surface area contributed by atoms with Crippen LogP contribution < -0.4 is 0 Å². The normalized spacial score (nSPS) is 15.0. The van der Waals surface area contributed by atoms with Gasteiger partial charge in [0.05, 0.1) is 6.54 Å². The third kappa shape index (κ3) is 3.61. The van der Waals surface area contributed by atoms with E-state index in [4.69, 9.17) is 23.2 Å². The Morgan fingerprint density at radius 1 is 1.29 bits per heavy atom. The lowest BCUT2D eigenvalue weighted by atomic mass is 10.1. The molecular weight excluding hydrogens is 418 g/mol. The molecule has 2 heterocycles. The van der Waals surface area contributed by atoms with Crippen LogP contribution in [0.1, 0.15) is 48.5 Å². The largest absolute Gasteiger partial charge is 0.435 e. The van der Waals surface area contributed by atoms with Gasteiger partial charge in [0.25, 0.3) is 0 Å². The van der Waals surface area contributed by atoms with Gasteiger partial charge in [0.2, 0.25) is 5.91 Å². The quantitative estimate of drug-likeness (QED) is 0.708. The molecule has 6 nitrogen and oxygen atoms in total. The fourth-order valence-corrected chi connectivity index (χ4v) is 3.96. The van der Waals surface area contributed by atoms with Crippen molar-refractivity contribution in [1.82, 2.24) is 24.5 Å². The molecule has 11 heteroatoms. The predicted molar refractivity (Wildman–Crippen MR) is 98.3 cm³/mol. The van der Waals surface area contributed by atoms with Crippen LogP contribution in [0.5, 0.6) is 0 Å². The molecule has 1 amide bonds. The average molecular weight is 438 g/mol. The first-order valence-electron chi connectivity index (χ1n) is 8.85. The Kier molecular flexibility index (Phi) is 5.69. The highest BCUT2D eigenvalue weighted by Crippen LogP contribution is 2.38. The maximum Gasteiger partial charge on any atom is 0.435 e. The van der Waals surface area contributed by atoms with Crippen LogP contribution in [0.25, 0.3) is 0 Å². The van der Waals surface area contributed by atoms with Gasteiger partial charge in [0.1, 0.15) is 21.9 Å². The van der Waals surface area contributed by atoms with Crippen molar-refractivity contribution in [2.75, 3.05) is 7.05 Å². The number of nitrogens with zero attached hydrogens (tertiary/aromatic N) is 5. The zero-order chi connectivity index (χ0) is 20.8. The molecular formula is C17H20Cl2F3N5O. The van der Waals surface area contributed by atoms with Crippen LogP contribution in [0.15, 0.2) is 0 Å². The minimum atomic E-state index is -4.54. The molecule has 1 unspecified atom stereocenters. The van der Waals surface area contributed by atoms with Crippen LogP contribution in [-0.4, -0.2) is 37.4 Å². The van der Waals surface area contributed by atoms with E-state index in [0.717, 1.165) is 0 Å². The molecule has 0 fully saturated rings. The molecule has 0 radical (unpaired) electrons. The summed E-state index contributed by atoms with van der Waals surface area (Å²) in [4.78, 5) is 14.4. The molecule has 0 aliphatic heterocycles. The molecule has 1 aliphatic rings. The first-order chi connectivity index (χ1) is 13.1. The fraction of sp³-hybridized carbons (Fsp3) is 0.588. The maximum absolute atomic E-state index is 13.3. The Hall–Kier alpha value is -1.74. The van der Waals surface area contributed by atoms with Gasteiger partial charge in [0, 0.05) is 25.4 Å². The van der Waals surface area contributed by atoms with Crippen molar-refractivity contribution in [1.29, 1.82) is 0 Å². The second kappa shape index (κ2) is 7.59. The molecule has 3 rings (SSSR count). The highest BCUT2D eigenvalue weighted by Gasteiger charge is 2.41. The van der Waals surface area contributed by atoms with Crippen LogP contribution in [-0.2, 0) is 37.4 Å². The van der Waals surface area contributed by atoms with Gasteiger partial charge in [-0.15, -0.1) is 0 Å². The summed E-state index contributed by atoms with van der Waals surface area (Å²) < 4.78 is 42.7. The number of hydrogen-bond acceptors (Lipinski definition) is 3. The van der Waals surface area contributed by atoms with E-state index in [9.17, 15) is 18.0 Å². The Balaban J connectivity index is 1.89. The third-order valence-corrected chi connectivity index (χ3v) is 5.87. The number of amides is 1. The van der Waals surface area contributed by atoms with Crippen molar-refractivity contribution >= 4 is 29.1 Å². The van der Waals surface area contributed by atoms with Gasteiger partial charge in [0.15, 0.2) is 5.69 Å². The number of alkyl halides is 3. The Labute approximate surface area is 170 Å². The van der Waals surface area contributed by atoms with Crippen molar-refractivity contribution in [3.8, 4) is 0 Å². The topological polar surface area (TPSA) is 56.0 Å². The second-order valence-electron chi connectivity index (χ2n) is 6.86.